The molecular weight excluding hydrogens is 228 g/mol. The van der Waals surface area contributed by atoms with Gasteiger partial charge in [-0.05, 0) is 12.8 Å². The predicted molar refractivity (Wildman–Crippen MR) is 61.4 cm³/mol. The molecule has 1 N–H and O–H groups in total. The van der Waals surface area contributed by atoms with E-state index in [9.17, 15) is 19.8 Å². The highest BCUT2D eigenvalue weighted by molar-refractivity contribution is 5.73. The Bertz CT molecular complexity index is 257. The number of nitro groups is 1. The van der Waals surface area contributed by atoms with Gasteiger partial charge in [-0.1, -0.05) is 30.9 Å². The zero-order valence-corrected chi connectivity index (χ0v) is 9.71. The van der Waals surface area contributed by atoms with Gasteiger partial charge < -0.3 is 5.11 Å². The summed E-state index contributed by atoms with van der Waals surface area (Å²) in [7, 11) is 0. The van der Waals surface area contributed by atoms with Crippen molar-refractivity contribution in [3.05, 3.63) is 15.0 Å². The lowest BCUT2D eigenvalue weighted by molar-refractivity contribution is -0.480. The van der Waals surface area contributed by atoms with Gasteiger partial charge in [0, 0.05) is 11.3 Å². The Morgan fingerprint density at radius 3 is 2.18 bits per heavy atom. The average molecular weight is 246 g/mol. The predicted octanol–water partition coefficient (Wildman–Crippen LogP) is 2.21. The highest BCUT2D eigenvalue weighted by atomic mass is 16.6. The van der Waals surface area contributed by atoms with Crippen LogP contribution in [0.25, 0.3) is 0 Å². The molecule has 0 aromatic heterocycles. The number of carbonyl (C=O) groups is 1. The Kier molecular flexibility index (Phi) is 8.81. The fourth-order valence-electron chi connectivity index (χ4n) is 1.51. The normalized spacial score (nSPS) is 12.0. The number of carboxylic acid groups (broad SMARTS) is 1. The smallest absolute Gasteiger partial charge is 0.332 e. The van der Waals surface area contributed by atoms with E-state index in [2.05, 4.69) is 5.18 Å². The lowest BCUT2D eigenvalue weighted by Gasteiger charge is -2.03. The maximum atomic E-state index is 10.4. The van der Waals surface area contributed by atoms with Crippen LogP contribution in [0.15, 0.2) is 5.18 Å². The molecular formula is C10H18N2O5. The Labute approximate surface area is 99.3 Å². The fourth-order valence-corrected chi connectivity index (χ4v) is 1.51. The molecule has 0 aliphatic carbocycles. The molecule has 0 aliphatic rings. The van der Waals surface area contributed by atoms with E-state index in [-0.39, 0.29) is 17.9 Å². The Hall–Kier alpha value is -1.53. The van der Waals surface area contributed by atoms with Crippen LogP contribution in [0.2, 0.25) is 0 Å². The summed E-state index contributed by atoms with van der Waals surface area (Å²) in [5, 5.41) is 21.1. The van der Waals surface area contributed by atoms with Crippen molar-refractivity contribution in [2.75, 3.05) is 6.54 Å². The van der Waals surface area contributed by atoms with Gasteiger partial charge in [-0.15, -0.1) is 4.91 Å². The van der Waals surface area contributed by atoms with Gasteiger partial charge in [-0.3, -0.25) is 10.1 Å². The van der Waals surface area contributed by atoms with E-state index in [1.807, 2.05) is 0 Å². The average Bonchev–Trinajstić information content (AvgIpc) is 2.26. The van der Waals surface area contributed by atoms with E-state index in [1.165, 1.54) is 0 Å². The molecule has 0 saturated carbocycles. The summed E-state index contributed by atoms with van der Waals surface area (Å²) >= 11 is 0. The van der Waals surface area contributed by atoms with Crippen LogP contribution < -0.4 is 0 Å². The molecule has 0 radical (unpaired) electrons. The third-order valence-corrected chi connectivity index (χ3v) is 2.48. The molecule has 0 aliphatic heterocycles. The molecule has 0 rings (SSSR count). The van der Waals surface area contributed by atoms with E-state index in [1.54, 1.807) is 0 Å². The topological polar surface area (TPSA) is 110 Å². The van der Waals surface area contributed by atoms with Gasteiger partial charge in [0.1, 0.15) is 0 Å². The van der Waals surface area contributed by atoms with Crippen molar-refractivity contribution in [1.82, 2.24) is 0 Å². The summed E-state index contributed by atoms with van der Waals surface area (Å²) in [6.45, 7) is 0.0101. The highest BCUT2D eigenvalue weighted by Crippen LogP contribution is 2.10. The first-order chi connectivity index (χ1) is 8.07. The summed E-state index contributed by atoms with van der Waals surface area (Å²) in [4.78, 5) is 30.3. The maximum Gasteiger partial charge on any atom is 0.332 e. The Balaban J connectivity index is 3.31. The second-order valence-corrected chi connectivity index (χ2v) is 3.93. The molecule has 0 spiro atoms. The van der Waals surface area contributed by atoms with Gasteiger partial charge in [0.25, 0.3) is 0 Å². The van der Waals surface area contributed by atoms with E-state index < -0.39 is 12.0 Å². The fraction of sp³-hybridized carbons (Fsp3) is 0.900. The van der Waals surface area contributed by atoms with E-state index in [4.69, 9.17) is 5.11 Å². The maximum absolute atomic E-state index is 10.4. The van der Waals surface area contributed by atoms with Crippen molar-refractivity contribution in [3.8, 4) is 0 Å². The highest BCUT2D eigenvalue weighted by Gasteiger charge is 2.16. The lowest BCUT2D eigenvalue weighted by atomic mass is 10.1. The number of unbranched alkanes of at least 4 members (excludes halogenated alkanes) is 5. The zero-order valence-electron chi connectivity index (χ0n) is 9.71. The van der Waals surface area contributed by atoms with Crippen LogP contribution in [0, 0.1) is 15.0 Å². The molecule has 7 heteroatoms. The van der Waals surface area contributed by atoms with Crippen LogP contribution in [-0.2, 0) is 4.79 Å². The van der Waals surface area contributed by atoms with Crippen LogP contribution in [0.4, 0.5) is 0 Å². The number of nitroso groups, excluding NO2 is 1. The molecule has 17 heavy (non-hydrogen) atoms. The summed E-state index contributed by atoms with van der Waals surface area (Å²) in [5.74, 6) is -1.18. The standard InChI is InChI=1S/C10H18N2O5/c13-10(14)9(11-15)7-5-3-1-2-4-6-8-12(16)17/h9H,1-8H2,(H,13,14). The van der Waals surface area contributed by atoms with Crippen molar-refractivity contribution in [2.24, 2.45) is 5.18 Å². The summed E-state index contributed by atoms with van der Waals surface area (Å²) in [5.41, 5.74) is 0. The summed E-state index contributed by atoms with van der Waals surface area (Å²) < 4.78 is 0. The Morgan fingerprint density at radius 2 is 1.71 bits per heavy atom. The second-order valence-electron chi connectivity index (χ2n) is 3.93. The second kappa shape index (κ2) is 9.68. The first kappa shape index (κ1) is 15.5. The molecule has 0 saturated heterocycles. The number of hydrogen-bond donors (Lipinski definition) is 1. The Morgan fingerprint density at radius 1 is 1.18 bits per heavy atom. The lowest BCUT2D eigenvalue weighted by Crippen LogP contribution is -2.16. The van der Waals surface area contributed by atoms with Gasteiger partial charge in [-0.25, -0.2) is 4.79 Å². The quantitative estimate of drug-likeness (QED) is 0.260. The van der Waals surface area contributed by atoms with Gasteiger partial charge in [0.05, 0.1) is 0 Å². The van der Waals surface area contributed by atoms with Gasteiger partial charge >= 0.3 is 5.97 Å². The van der Waals surface area contributed by atoms with Crippen molar-refractivity contribution in [3.63, 3.8) is 0 Å². The van der Waals surface area contributed by atoms with E-state index >= 15 is 0 Å². The minimum atomic E-state index is -1.18. The van der Waals surface area contributed by atoms with Crippen molar-refractivity contribution < 1.29 is 14.8 Å². The van der Waals surface area contributed by atoms with Crippen molar-refractivity contribution in [2.45, 2.75) is 51.0 Å². The van der Waals surface area contributed by atoms with Crippen LogP contribution in [-0.4, -0.2) is 28.6 Å². The molecule has 0 aromatic carbocycles. The minimum absolute atomic E-state index is 0.0101. The number of hydrogen-bond acceptors (Lipinski definition) is 5. The van der Waals surface area contributed by atoms with Crippen LogP contribution in [0.1, 0.15) is 44.9 Å². The molecule has 1 atom stereocenters. The third-order valence-electron chi connectivity index (χ3n) is 2.48. The van der Waals surface area contributed by atoms with Crippen LogP contribution in [0.3, 0.4) is 0 Å². The number of rotatable bonds is 11. The first-order valence-electron chi connectivity index (χ1n) is 5.75. The van der Waals surface area contributed by atoms with Crippen LogP contribution in [0.5, 0.6) is 0 Å². The van der Waals surface area contributed by atoms with Crippen LogP contribution >= 0.6 is 0 Å². The molecule has 0 aromatic rings. The first-order valence-corrected chi connectivity index (χ1v) is 5.75. The van der Waals surface area contributed by atoms with Crippen molar-refractivity contribution >= 4 is 5.97 Å². The van der Waals surface area contributed by atoms with E-state index in [0.717, 1.165) is 25.7 Å². The molecule has 0 bridgehead atoms. The monoisotopic (exact) mass is 246 g/mol. The molecule has 7 nitrogen and oxygen atoms in total. The zero-order chi connectivity index (χ0) is 13.1. The molecule has 0 fully saturated rings. The van der Waals surface area contributed by atoms with Crippen molar-refractivity contribution in [1.29, 1.82) is 0 Å². The SMILES string of the molecule is O=NC(CCCCCCCC[N+](=O)[O-])C(=O)O. The summed E-state index contributed by atoms with van der Waals surface area (Å²) in [6, 6.07) is -1.13. The minimum Gasteiger partial charge on any atom is -0.480 e. The number of carboxylic acids is 1. The largest absolute Gasteiger partial charge is 0.480 e. The number of nitrogens with zero attached hydrogens (tertiary/aromatic N) is 2. The van der Waals surface area contributed by atoms with Gasteiger partial charge in [0.15, 0.2) is 6.04 Å². The third kappa shape index (κ3) is 9.40. The number of aliphatic carboxylic acids is 1. The summed E-state index contributed by atoms with van der Waals surface area (Å²) in [6.07, 6.45) is 4.96. The van der Waals surface area contributed by atoms with Gasteiger partial charge in [-0.2, -0.15) is 0 Å². The molecule has 1 unspecified atom stereocenters. The molecule has 0 heterocycles. The van der Waals surface area contributed by atoms with Gasteiger partial charge in [0.2, 0.25) is 6.54 Å². The molecule has 0 amide bonds. The van der Waals surface area contributed by atoms with E-state index in [0.29, 0.717) is 12.8 Å². The molecule has 98 valence electrons.